The first-order valence-corrected chi connectivity index (χ1v) is 11.9. The molecular weight excluding hydrogens is 346 g/mol. The summed E-state index contributed by atoms with van der Waals surface area (Å²) in [5.74, 6) is 5.73. The van der Waals surface area contributed by atoms with Crippen LogP contribution in [0.1, 0.15) is 122 Å². The van der Waals surface area contributed by atoms with Gasteiger partial charge in [0.05, 0.1) is 21.1 Å². The summed E-state index contributed by atoms with van der Waals surface area (Å²) in [6.45, 7) is 2.26. The van der Waals surface area contributed by atoms with Crippen LogP contribution >= 0.6 is 0 Å². The first-order valence-electron chi connectivity index (χ1n) is 11.9. The van der Waals surface area contributed by atoms with Gasteiger partial charge in [-0.2, -0.15) is 0 Å². The van der Waals surface area contributed by atoms with Crippen molar-refractivity contribution >= 4 is 5.97 Å². The molecule has 3 nitrogen and oxygen atoms in total. The van der Waals surface area contributed by atoms with Crippen LogP contribution in [-0.4, -0.2) is 27.1 Å². The fourth-order valence-electron chi connectivity index (χ4n) is 2.89. The second-order valence-electron chi connectivity index (χ2n) is 8.43. The van der Waals surface area contributed by atoms with Gasteiger partial charge in [0.1, 0.15) is 0 Å². The molecule has 0 saturated heterocycles. The van der Waals surface area contributed by atoms with Gasteiger partial charge in [-0.1, -0.05) is 84.0 Å². The molecule has 0 amide bonds. The zero-order valence-electron chi connectivity index (χ0n) is 19.5. The van der Waals surface area contributed by atoms with Gasteiger partial charge in [-0.15, -0.1) is 11.8 Å². The molecule has 166 valence electrons. The first kappa shape index (κ1) is 29.2. The quantitative estimate of drug-likeness (QED) is 0.290. The maximum Gasteiger partial charge on any atom is 0.0661 e. The smallest absolute Gasteiger partial charge is 0.0661 e. The van der Waals surface area contributed by atoms with Crippen LogP contribution in [0.3, 0.4) is 0 Å². The summed E-state index contributed by atoms with van der Waals surface area (Å²) in [4.78, 5) is 11.7. The van der Waals surface area contributed by atoms with Crippen molar-refractivity contribution in [3.8, 4) is 11.8 Å². The Kier molecular flexibility index (Phi) is 27.1. The minimum Gasteiger partial charge on any atom is -0.550 e. The number of aliphatic carboxylic acids is 1. The molecule has 0 bridgehead atoms. The Balaban J connectivity index is 0. The molecule has 0 unspecified atom stereocenters. The van der Waals surface area contributed by atoms with Crippen molar-refractivity contribution in [2.75, 3.05) is 21.1 Å². The molecule has 0 aliphatic rings. The lowest BCUT2D eigenvalue weighted by Crippen LogP contribution is -3.02. The van der Waals surface area contributed by atoms with E-state index < -0.39 is 5.97 Å². The molecule has 0 atom stereocenters. The van der Waals surface area contributed by atoms with Crippen LogP contribution in [0.4, 0.5) is 0 Å². The molecular formula is C25H49NO2. The predicted molar refractivity (Wildman–Crippen MR) is 120 cm³/mol. The van der Waals surface area contributed by atoms with E-state index in [9.17, 15) is 9.90 Å². The van der Waals surface area contributed by atoms with Gasteiger partial charge >= 0.3 is 0 Å². The Hall–Kier alpha value is -1.01. The van der Waals surface area contributed by atoms with Crippen LogP contribution in [0.2, 0.25) is 0 Å². The maximum atomic E-state index is 10.3. The van der Waals surface area contributed by atoms with Gasteiger partial charge in [-0.3, -0.25) is 0 Å². The van der Waals surface area contributed by atoms with Crippen molar-refractivity contribution in [3.05, 3.63) is 0 Å². The van der Waals surface area contributed by atoms with E-state index in [1.807, 2.05) is 0 Å². The van der Waals surface area contributed by atoms with Crippen molar-refractivity contribution < 1.29 is 14.8 Å². The maximum absolute atomic E-state index is 10.3. The summed E-state index contributed by atoms with van der Waals surface area (Å²) < 4.78 is 0. The van der Waals surface area contributed by atoms with E-state index in [1.54, 1.807) is 0 Å². The van der Waals surface area contributed by atoms with Gasteiger partial charge in [0, 0.05) is 18.8 Å². The molecule has 0 fully saturated rings. The molecule has 0 rings (SSSR count). The van der Waals surface area contributed by atoms with Crippen molar-refractivity contribution in [1.82, 2.24) is 0 Å². The van der Waals surface area contributed by atoms with Crippen molar-refractivity contribution in [1.29, 1.82) is 0 Å². The van der Waals surface area contributed by atoms with E-state index in [-0.39, 0.29) is 6.42 Å². The average molecular weight is 396 g/mol. The Bertz CT molecular complexity index is 366. The molecule has 3 heteroatoms. The third kappa shape index (κ3) is 36.0. The zero-order chi connectivity index (χ0) is 21.3. The Morgan fingerprint density at radius 3 is 1.32 bits per heavy atom. The van der Waals surface area contributed by atoms with Gasteiger partial charge in [-0.05, 0) is 25.7 Å². The average Bonchev–Trinajstić information content (AvgIpc) is 2.63. The number of rotatable bonds is 17. The van der Waals surface area contributed by atoms with E-state index in [4.69, 9.17) is 0 Å². The third-order valence-electron chi connectivity index (χ3n) is 4.46. The number of quaternary nitrogens is 1. The van der Waals surface area contributed by atoms with E-state index in [0.29, 0.717) is 0 Å². The van der Waals surface area contributed by atoms with Crippen LogP contribution in [-0.2, 0) is 4.79 Å². The Morgan fingerprint density at radius 2 is 0.964 bits per heavy atom. The lowest BCUT2D eigenvalue weighted by Gasteiger charge is -2.02. The SMILES string of the molecule is CCCCCCCCC#CCCCCCCCCCCCC(=O)[O-].C[NH+](C)C. The van der Waals surface area contributed by atoms with Crippen molar-refractivity contribution in [3.63, 3.8) is 0 Å². The van der Waals surface area contributed by atoms with Gasteiger partial charge in [-0.25, -0.2) is 0 Å². The molecule has 0 aromatic rings. The normalized spacial score (nSPS) is 10.2. The van der Waals surface area contributed by atoms with E-state index >= 15 is 0 Å². The third-order valence-corrected chi connectivity index (χ3v) is 4.46. The van der Waals surface area contributed by atoms with Crippen LogP contribution in [0, 0.1) is 11.8 Å². The van der Waals surface area contributed by atoms with Crippen LogP contribution in [0.15, 0.2) is 0 Å². The number of carboxylic acid groups (broad SMARTS) is 1. The number of unbranched alkanes of at least 4 members (excludes halogenated alkanes) is 15. The summed E-state index contributed by atoms with van der Waals surface area (Å²) >= 11 is 0. The summed E-state index contributed by atoms with van der Waals surface area (Å²) in [6, 6.07) is 0. The highest BCUT2D eigenvalue weighted by molar-refractivity contribution is 5.63. The minimum atomic E-state index is -0.912. The van der Waals surface area contributed by atoms with Crippen molar-refractivity contribution in [2.24, 2.45) is 0 Å². The van der Waals surface area contributed by atoms with Gasteiger partial charge in [0.2, 0.25) is 0 Å². The number of hydrogen-bond donors (Lipinski definition) is 1. The highest BCUT2D eigenvalue weighted by Crippen LogP contribution is 2.11. The largest absolute Gasteiger partial charge is 0.550 e. The Labute approximate surface area is 176 Å². The first-order chi connectivity index (χ1) is 13.5. The van der Waals surface area contributed by atoms with Crippen LogP contribution in [0.25, 0.3) is 0 Å². The van der Waals surface area contributed by atoms with E-state index in [0.717, 1.165) is 32.1 Å². The molecule has 0 saturated carbocycles. The van der Waals surface area contributed by atoms with E-state index in [1.165, 1.54) is 81.9 Å². The monoisotopic (exact) mass is 395 g/mol. The summed E-state index contributed by atoms with van der Waals surface area (Å²) in [7, 11) is 6.25. The molecule has 1 N–H and O–H groups in total. The number of hydrogen-bond acceptors (Lipinski definition) is 2. The predicted octanol–water partition coefficient (Wildman–Crippen LogP) is 4.54. The number of carboxylic acids is 1. The Morgan fingerprint density at radius 1 is 0.643 bits per heavy atom. The lowest BCUT2D eigenvalue weighted by atomic mass is 10.1. The van der Waals surface area contributed by atoms with Gasteiger partial charge in [0.25, 0.3) is 0 Å². The molecule has 0 aliphatic carbocycles. The second kappa shape index (κ2) is 26.0. The highest BCUT2D eigenvalue weighted by atomic mass is 16.4. The molecule has 0 aliphatic heterocycles. The van der Waals surface area contributed by atoms with Crippen LogP contribution in [0.5, 0.6) is 0 Å². The fraction of sp³-hybridized carbons (Fsp3) is 0.880. The topological polar surface area (TPSA) is 44.6 Å². The van der Waals surface area contributed by atoms with Crippen molar-refractivity contribution in [2.45, 2.75) is 122 Å². The number of carbonyl (C=O) groups is 1. The fourth-order valence-corrected chi connectivity index (χ4v) is 2.89. The summed E-state index contributed by atoms with van der Waals surface area (Å²) in [5.41, 5.74) is 0. The summed E-state index contributed by atoms with van der Waals surface area (Å²) in [5, 5.41) is 10.3. The lowest BCUT2D eigenvalue weighted by molar-refractivity contribution is -0.836. The number of nitrogens with one attached hydrogen (secondary N) is 1. The van der Waals surface area contributed by atoms with Gasteiger partial charge in [0.15, 0.2) is 0 Å². The number of carbonyl (C=O) groups excluding carboxylic acids is 1. The standard InChI is InChI=1S/C22H40O2.C3H9N/c1-2-3-4-5-6-7-8-9-10-11-12-13-14-15-16-17-18-19-20-21-22(23)24;1-4(2)3/h2-8,11-21H2,1H3,(H,23,24);1-3H3. The highest BCUT2D eigenvalue weighted by Gasteiger charge is 1.93. The summed E-state index contributed by atoms with van der Waals surface area (Å²) in [6.07, 6.45) is 21.2. The van der Waals surface area contributed by atoms with Crippen LogP contribution < -0.4 is 10.0 Å². The molecule has 0 aromatic heterocycles. The van der Waals surface area contributed by atoms with Gasteiger partial charge < -0.3 is 14.8 Å². The molecule has 0 radical (unpaired) electrons. The zero-order valence-corrected chi connectivity index (χ0v) is 19.5. The second-order valence-corrected chi connectivity index (χ2v) is 8.43. The molecule has 0 heterocycles. The van der Waals surface area contributed by atoms with E-state index in [2.05, 4.69) is 39.9 Å². The molecule has 0 spiro atoms. The minimum absolute atomic E-state index is 0.222. The molecule has 0 aromatic carbocycles. The molecule has 28 heavy (non-hydrogen) atoms.